The van der Waals surface area contributed by atoms with Crippen molar-refractivity contribution in [1.29, 1.82) is 0 Å². The fourth-order valence-corrected chi connectivity index (χ4v) is 2.19. The molecule has 0 fully saturated rings. The van der Waals surface area contributed by atoms with Crippen molar-refractivity contribution in [3.05, 3.63) is 29.3 Å². The SMILES string of the molecule is CCCC(NC(=O)c1cc(SC)ccc1C)C(=O)O. The first kappa shape index (κ1) is 15.6. The molecule has 2 N–H and O–H groups in total. The molecule has 0 saturated carbocycles. The van der Waals surface area contributed by atoms with E-state index in [0.717, 1.165) is 10.5 Å². The van der Waals surface area contributed by atoms with Gasteiger partial charge in [-0.1, -0.05) is 19.4 Å². The molecule has 1 aromatic rings. The molecular formula is C14H19NO3S. The maximum atomic E-state index is 12.1. The van der Waals surface area contributed by atoms with Gasteiger partial charge < -0.3 is 10.4 Å². The van der Waals surface area contributed by atoms with Crippen LogP contribution in [-0.4, -0.2) is 29.3 Å². The van der Waals surface area contributed by atoms with Crippen molar-refractivity contribution < 1.29 is 14.7 Å². The van der Waals surface area contributed by atoms with Gasteiger partial charge in [-0.3, -0.25) is 4.79 Å². The number of hydrogen-bond acceptors (Lipinski definition) is 3. The summed E-state index contributed by atoms with van der Waals surface area (Å²) in [4.78, 5) is 24.2. The third-order valence-corrected chi connectivity index (χ3v) is 3.60. The summed E-state index contributed by atoms with van der Waals surface area (Å²) < 4.78 is 0. The van der Waals surface area contributed by atoms with Gasteiger partial charge in [0.2, 0.25) is 0 Å². The summed E-state index contributed by atoms with van der Waals surface area (Å²) in [7, 11) is 0. The van der Waals surface area contributed by atoms with E-state index in [9.17, 15) is 9.59 Å². The first-order valence-electron chi connectivity index (χ1n) is 6.17. The van der Waals surface area contributed by atoms with E-state index in [-0.39, 0.29) is 5.91 Å². The predicted octanol–water partition coefficient (Wildman–Crippen LogP) is 2.70. The number of benzene rings is 1. The van der Waals surface area contributed by atoms with Crippen LogP contribution < -0.4 is 5.32 Å². The Morgan fingerprint density at radius 3 is 2.63 bits per heavy atom. The molecule has 1 unspecified atom stereocenters. The first-order valence-corrected chi connectivity index (χ1v) is 7.40. The zero-order valence-corrected chi connectivity index (χ0v) is 12.2. The van der Waals surface area contributed by atoms with Gasteiger partial charge in [-0.15, -0.1) is 11.8 Å². The number of carbonyl (C=O) groups excluding carboxylic acids is 1. The average molecular weight is 281 g/mol. The summed E-state index contributed by atoms with van der Waals surface area (Å²) in [6.07, 6.45) is 3.08. The van der Waals surface area contributed by atoms with E-state index in [4.69, 9.17) is 5.11 Å². The van der Waals surface area contributed by atoms with Crippen LogP contribution in [0.1, 0.15) is 35.7 Å². The van der Waals surface area contributed by atoms with Gasteiger partial charge >= 0.3 is 5.97 Å². The molecule has 1 atom stereocenters. The number of aliphatic carboxylic acids is 1. The summed E-state index contributed by atoms with van der Waals surface area (Å²) in [5.41, 5.74) is 1.38. The normalized spacial score (nSPS) is 11.9. The third-order valence-electron chi connectivity index (χ3n) is 2.87. The second kappa shape index (κ2) is 7.19. The largest absolute Gasteiger partial charge is 0.480 e. The number of aryl methyl sites for hydroxylation is 1. The van der Waals surface area contributed by atoms with Gasteiger partial charge in [0.25, 0.3) is 5.91 Å². The Hall–Kier alpha value is -1.49. The molecule has 104 valence electrons. The van der Waals surface area contributed by atoms with Gasteiger partial charge in [0, 0.05) is 10.5 Å². The van der Waals surface area contributed by atoms with Crippen molar-refractivity contribution in [3.8, 4) is 0 Å². The minimum absolute atomic E-state index is 0.325. The average Bonchev–Trinajstić information content (AvgIpc) is 2.38. The van der Waals surface area contributed by atoms with Gasteiger partial charge in [-0.2, -0.15) is 0 Å². The van der Waals surface area contributed by atoms with Gasteiger partial charge in [0.15, 0.2) is 0 Å². The fourth-order valence-electron chi connectivity index (χ4n) is 1.75. The molecule has 0 spiro atoms. The highest BCUT2D eigenvalue weighted by molar-refractivity contribution is 7.98. The number of amides is 1. The number of carboxylic acid groups (broad SMARTS) is 1. The fraction of sp³-hybridized carbons (Fsp3) is 0.429. The monoisotopic (exact) mass is 281 g/mol. The second-order valence-electron chi connectivity index (χ2n) is 4.33. The maximum absolute atomic E-state index is 12.1. The molecule has 0 saturated heterocycles. The van der Waals surface area contributed by atoms with E-state index < -0.39 is 12.0 Å². The van der Waals surface area contributed by atoms with E-state index in [0.29, 0.717) is 18.4 Å². The Labute approximate surface area is 117 Å². The molecule has 5 heteroatoms. The zero-order chi connectivity index (χ0) is 14.4. The Bertz CT molecular complexity index is 474. The van der Waals surface area contributed by atoms with Gasteiger partial charge in [-0.25, -0.2) is 4.79 Å². The minimum Gasteiger partial charge on any atom is -0.480 e. The van der Waals surface area contributed by atoms with Gasteiger partial charge in [-0.05, 0) is 37.3 Å². The van der Waals surface area contributed by atoms with Crippen molar-refractivity contribution >= 4 is 23.6 Å². The van der Waals surface area contributed by atoms with Crippen LogP contribution >= 0.6 is 11.8 Å². The van der Waals surface area contributed by atoms with Gasteiger partial charge in [0.1, 0.15) is 6.04 Å². The molecule has 0 aliphatic rings. The van der Waals surface area contributed by atoms with Crippen molar-refractivity contribution in [2.75, 3.05) is 6.26 Å². The minimum atomic E-state index is -0.992. The Balaban J connectivity index is 2.90. The molecule has 1 aromatic carbocycles. The Morgan fingerprint density at radius 2 is 2.11 bits per heavy atom. The van der Waals surface area contributed by atoms with Crippen LogP contribution in [0.4, 0.5) is 0 Å². The van der Waals surface area contributed by atoms with E-state index in [1.165, 1.54) is 0 Å². The molecule has 0 aliphatic carbocycles. The molecular weight excluding hydrogens is 262 g/mol. The van der Waals surface area contributed by atoms with Crippen molar-refractivity contribution in [2.45, 2.75) is 37.6 Å². The van der Waals surface area contributed by atoms with E-state index in [1.54, 1.807) is 17.8 Å². The summed E-state index contributed by atoms with van der Waals surface area (Å²) in [6, 6.07) is 4.78. The van der Waals surface area contributed by atoms with Crippen molar-refractivity contribution in [2.24, 2.45) is 0 Å². The first-order chi connectivity index (χ1) is 8.99. The van der Waals surface area contributed by atoms with E-state index in [1.807, 2.05) is 32.2 Å². The zero-order valence-electron chi connectivity index (χ0n) is 11.4. The van der Waals surface area contributed by atoms with E-state index >= 15 is 0 Å². The van der Waals surface area contributed by atoms with E-state index in [2.05, 4.69) is 5.32 Å². The Kier molecular flexibility index (Phi) is 5.89. The van der Waals surface area contributed by atoms with Crippen LogP contribution in [0.25, 0.3) is 0 Å². The lowest BCUT2D eigenvalue weighted by molar-refractivity contribution is -0.139. The molecule has 0 aromatic heterocycles. The highest BCUT2D eigenvalue weighted by Crippen LogP contribution is 2.19. The van der Waals surface area contributed by atoms with Crippen molar-refractivity contribution in [1.82, 2.24) is 5.32 Å². The highest BCUT2D eigenvalue weighted by atomic mass is 32.2. The number of thioether (sulfide) groups is 1. The second-order valence-corrected chi connectivity index (χ2v) is 5.21. The summed E-state index contributed by atoms with van der Waals surface area (Å²) in [5, 5.41) is 11.6. The molecule has 4 nitrogen and oxygen atoms in total. The number of rotatable bonds is 6. The molecule has 19 heavy (non-hydrogen) atoms. The third kappa shape index (κ3) is 4.28. The molecule has 0 aliphatic heterocycles. The smallest absolute Gasteiger partial charge is 0.326 e. The van der Waals surface area contributed by atoms with Crippen LogP contribution in [0.15, 0.2) is 23.1 Å². The molecule has 0 bridgehead atoms. The molecule has 0 heterocycles. The standard InChI is InChI=1S/C14H19NO3S/c1-4-5-12(14(17)18)15-13(16)11-8-10(19-3)7-6-9(11)2/h6-8,12H,4-5H2,1-3H3,(H,15,16)(H,17,18). The molecule has 1 amide bonds. The van der Waals surface area contributed by atoms with Crippen LogP contribution in [0.3, 0.4) is 0 Å². The number of nitrogens with one attached hydrogen (secondary N) is 1. The van der Waals surface area contributed by atoms with Crippen LogP contribution in [0.5, 0.6) is 0 Å². The highest BCUT2D eigenvalue weighted by Gasteiger charge is 2.20. The lowest BCUT2D eigenvalue weighted by Gasteiger charge is -2.15. The lowest BCUT2D eigenvalue weighted by Crippen LogP contribution is -2.40. The quantitative estimate of drug-likeness (QED) is 0.787. The molecule has 0 radical (unpaired) electrons. The number of hydrogen-bond donors (Lipinski definition) is 2. The predicted molar refractivity (Wildman–Crippen MR) is 76.8 cm³/mol. The maximum Gasteiger partial charge on any atom is 0.326 e. The Morgan fingerprint density at radius 1 is 1.42 bits per heavy atom. The van der Waals surface area contributed by atoms with Crippen LogP contribution in [-0.2, 0) is 4.79 Å². The molecule has 1 rings (SSSR count). The summed E-state index contributed by atoms with van der Waals surface area (Å²) >= 11 is 1.55. The van der Waals surface area contributed by atoms with Crippen LogP contribution in [0.2, 0.25) is 0 Å². The van der Waals surface area contributed by atoms with Crippen molar-refractivity contribution in [3.63, 3.8) is 0 Å². The van der Waals surface area contributed by atoms with Gasteiger partial charge in [0.05, 0.1) is 0 Å². The number of carboxylic acids is 1. The topological polar surface area (TPSA) is 66.4 Å². The van der Waals surface area contributed by atoms with Crippen LogP contribution in [0, 0.1) is 6.92 Å². The summed E-state index contributed by atoms with van der Waals surface area (Å²) in [6.45, 7) is 3.73. The number of carbonyl (C=O) groups is 2. The summed E-state index contributed by atoms with van der Waals surface area (Å²) in [5.74, 6) is -1.32. The lowest BCUT2D eigenvalue weighted by atomic mass is 10.1.